The van der Waals surface area contributed by atoms with E-state index in [4.69, 9.17) is 9.15 Å². The lowest BCUT2D eigenvalue weighted by molar-refractivity contribution is 0.0280. The second-order valence-electron chi connectivity index (χ2n) is 6.06. The van der Waals surface area contributed by atoms with E-state index in [0.29, 0.717) is 11.1 Å². The molecule has 0 aliphatic rings. The van der Waals surface area contributed by atoms with E-state index in [1.165, 1.54) is 12.1 Å². The SMILES string of the molecule is C[C@H](OC(=O)c1ccc2ccccc2c1)c1nnc(-c2ccc(F)cc2)o1. The first kappa shape index (κ1) is 16.9. The molecule has 0 spiro atoms. The molecular weight excluding hydrogens is 347 g/mol. The Kier molecular flexibility index (Phi) is 4.38. The highest BCUT2D eigenvalue weighted by Crippen LogP contribution is 2.24. The molecule has 0 bridgehead atoms. The van der Waals surface area contributed by atoms with Crippen molar-refractivity contribution in [1.82, 2.24) is 10.2 Å². The van der Waals surface area contributed by atoms with Crippen molar-refractivity contribution in [2.75, 3.05) is 0 Å². The van der Waals surface area contributed by atoms with Crippen LogP contribution in [0.2, 0.25) is 0 Å². The summed E-state index contributed by atoms with van der Waals surface area (Å²) in [6.07, 6.45) is -0.717. The summed E-state index contributed by atoms with van der Waals surface area (Å²) in [6.45, 7) is 1.65. The third kappa shape index (κ3) is 3.55. The molecule has 6 heteroatoms. The fourth-order valence-electron chi connectivity index (χ4n) is 2.70. The van der Waals surface area contributed by atoms with Crippen LogP contribution in [0.4, 0.5) is 4.39 Å². The number of fused-ring (bicyclic) bond motifs is 1. The summed E-state index contributed by atoms with van der Waals surface area (Å²) in [5.41, 5.74) is 1.03. The predicted molar refractivity (Wildman–Crippen MR) is 97.5 cm³/mol. The number of halogens is 1. The van der Waals surface area contributed by atoms with Gasteiger partial charge in [0.25, 0.3) is 5.89 Å². The summed E-state index contributed by atoms with van der Waals surface area (Å²) in [6, 6.07) is 18.8. The molecule has 0 saturated carbocycles. The molecule has 0 fully saturated rings. The molecule has 0 aliphatic heterocycles. The van der Waals surface area contributed by atoms with Gasteiger partial charge in [-0.05, 0) is 54.1 Å². The largest absolute Gasteiger partial charge is 0.449 e. The van der Waals surface area contributed by atoms with Crippen LogP contribution < -0.4 is 0 Å². The second kappa shape index (κ2) is 6.99. The van der Waals surface area contributed by atoms with Gasteiger partial charge in [-0.1, -0.05) is 30.3 Å². The van der Waals surface area contributed by atoms with E-state index in [2.05, 4.69) is 10.2 Å². The van der Waals surface area contributed by atoms with Gasteiger partial charge in [0.2, 0.25) is 5.89 Å². The lowest BCUT2D eigenvalue weighted by atomic mass is 10.1. The van der Waals surface area contributed by atoms with Crippen molar-refractivity contribution in [2.45, 2.75) is 13.0 Å². The Balaban J connectivity index is 1.50. The van der Waals surface area contributed by atoms with E-state index in [-0.39, 0.29) is 17.6 Å². The Labute approximate surface area is 154 Å². The highest BCUT2D eigenvalue weighted by Gasteiger charge is 2.20. The molecule has 4 rings (SSSR count). The summed E-state index contributed by atoms with van der Waals surface area (Å²) in [4.78, 5) is 12.4. The molecule has 1 heterocycles. The van der Waals surface area contributed by atoms with Crippen molar-refractivity contribution in [2.24, 2.45) is 0 Å². The number of ether oxygens (including phenoxy) is 1. The molecule has 0 aliphatic carbocycles. The van der Waals surface area contributed by atoms with Crippen LogP contribution in [0.15, 0.2) is 71.1 Å². The molecule has 5 nitrogen and oxygen atoms in total. The Morgan fingerprint density at radius 1 is 1.00 bits per heavy atom. The molecule has 134 valence electrons. The average Bonchev–Trinajstić information content (AvgIpc) is 3.18. The maximum Gasteiger partial charge on any atom is 0.338 e. The molecule has 3 aromatic carbocycles. The highest BCUT2D eigenvalue weighted by atomic mass is 19.1. The monoisotopic (exact) mass is 362 g/mol. The number of benzene rings is 3. The van der Waals surface area contributed by atoms with Crippen LogP contribution in [0.1, 0.15) is 29.3 Å². The number of carbonyl (C=O) groups excluding carboxylic acids is 1. The van der Waals surface area contributed by atoms with Gasteiger partial charge in [-0.15, -0.1) is 10.2 Å². The lowest BCUT2D eigenvalue weighted by Gasteiger charge is -2.10. The highest BCUT2D eigenvalue weighted by molar-refractivity contribution is 5.95. The van der Waals surface area contributed by atoms with Gasteiger partial charge in [0, 0.05) is 5.56 Å². The number of hydrogen-bond donors (Lipinski definition) is 0. The molecule has 0 N–H and O–H groups in total. The number of carbonyl (C=O) groups is 1. The van der Waals surface area contributed by atoms with Gasteiger partial charge in [0.05, 0.1) is 5.56 Å². The molecule has 0 radical (unpaired) electrons. The van der Waals surface area contributed by atoms with Crippen molar-refractivity contribution >= 4 is 16.7 Å². The van der Waals surface area contributed by atoms with Crippen LogP contribution in [0, 0.1) is 5.82 Å². The van der Waals surface area contributed by atoms with Crippen molar-refractivity contribution in [3.8, 4) is 11.5 Å². The normalized spacial score (nSPS) is 12.1. The van der Waals surface area contributed by atoms with Crippen LogP contribution >= 0.6 is 0 Å². The fraction of sp³-hybridized carbons (Fsp3) is 0.0952. The maximum absolute atomic E-state index is 13.0. The van der Waals surface area contributed by atoms with Gasteiger partial charge in [0.15, 0.2) is 6.10 Å². The van der Waals surface area contributed by atoms with Gasteiger partial charge in [0.1, 0.15) is 5.82 Å². The smallest absolute Gasteiger partial charge is 0.338 e. The van der Waals surface area contributed by atoms with E-state index in [1.807, 2.05) is 30.3 Å². The Hall–Kier alpha value is -3.54. The zero-order valence-electron chi connectivity index (χ0n) is 14.4. The number of aromatic nitrogens is 2. The zero-order valence-corrected chi connectivity index (χ0v) is 14.4. The second-order valence-corrected chi connectivity index (χ2v) is 6.06. The minimum absolute atomic E-state index is 0.170. The van der Waals surface area contributed by atoms with Gasteiger partial charge >= 0.3 is 5.97 Å². The lowest BCUT2D eigenvalue weighted by Crippen LogP contribution is -2.09. The maximum atomic E-state index is 13.0. The molecule has 0 unspecified atom stereocenters. The molecule has 0 amide bonds. The quantitative estimate of drug-likeness (QED) is 0.481. The minimum Gasteiger partial charge on any atom is -0.449 e. The van der Waals surface area contributed by atoms with Crippen LogP contribution in [0.3, 0.4) is 0 Å². The van der Waals surface area contributed by atoms with Crippen molar-refractivity contribution in [3.05, 3.63) is 84.0 Å². The van der Waals surface area contributed by atoms with E-state index >= 15 is 0 Å². The summed E-state index contributed by atoms with van der Waals surface area (Å²) < 4.78 is 24.0. The number of esters is 1. The summed E-state index contributed by atoms with van der Waals surface area (Å²) in [5.74, 6) is -0.423. The van der Waals surface area contributed by atoms with Gasteiger partial charge < -0.3 is 9.15 Å². The fourth-order valence-corrected chi connectivity index (χ4v) is 2.70. The van der Waals surface area contributed by atoms with Crippen molar-refractivity contribution in [1.29, 1.82) is 0 Å². The Morgan fingerprint density at radius 3 is 2.52 bits per heavy atom. The molecular formula is C21H15FN2O3. The van der Waals surface area contributed by atoms with Crippen molar-refractivity contribution in [3.63, 3.8) is 0 Å². The van der Waals surface area contributed by atoms with Gasteiger partial charge in [-0.3, -0.25) is 0 Å². The number of nitrogens with zero attached hydrogens (tertiary/aromatic N) is 2. The van der Waals surface area contributed by atoms with Gasteiger partial charge in [-0.25, -0.2) is 9.18 Å². The van der Waals surface area contributed by atoms with Crippen LogP contribution in [0.5, 0.6) is 0 Å². The predicted octanol–water partition coefficient (Wildman–Crippen LogP) is 4.95. The molecule has 0 saturated heterocycles. The molecule has 1 aromatic heterocycles. The van der Waals surface area contributed by atoms with Gasteiger partial charge in [-0.2, -0.15) is 0 Å². The van der Waals surface area contributed by atoms with Crippen LogP contribution in [-0.4, -0.2) is 16.2 Å². The van der Waals surface area contributed by atoms with E-state index in [0.717, 1.165) is 10.8 Å². The summed E-state index contributed by atoms with van der Waals surface area (Å²) in [7, 11) is 0. The first-order chi connectivity index (χ1) is 13.1. The standard InChI is InChI=1S/C21H15FN2O3/c1-13(19-23-24-20(27-19)15-8-10-18(22)11-9-15)26-21(25)17-7-6-14-4-2-3-5-16(14)12-17/h2-13H,1H3/t13-/m0/s1. The van der Waals surface area contributed by atoms with Crippen molar-refractivity contribution < 1.29 is 18.3 Å². The Morgan fingerprint density at radius 2 is 1.74 bits per heavy atom. The first-order valence-corrected chi connectivity index (χ1v) is 8.39. The average molecular weight is 362 g/mol. The van der Waals surface area contributed by atoms with E-state index < -0.39 is 12.1 Å². The zero-order chi connectivity index (χ0) is 18.8. The topological polar surface area (TPSA) is 65.2 Å². The van der Waals surface area contributed by atoms with E-state index in [9.17, 15) is 9.18 Å². The third-order valence-corrected chi connectivity index (χ3v) is 4.15. The van der Waals surface area contributed by atoms with Crippen LogP contribution in [-0.2, 0) is 4.74 Å². The molecule has 27 heavy (non-hydrogen) atoms. The first-order valence-electron chi connectivity index (χ1n) is 8.39. The molecule has 1 atom stereocenters. The Bertz CT molecular complexity index is 1110. The number of hydrogen-bond acceptors (Lipinski definition) is 5. The molecule has 4 aromatic rings. The number of rotatable bonds is 4. The summed E-state index contributed by atoms with van der Waals surface area (Å²) >= 11 is 0. The van der Waals surface area contributed by atoms with E-state index in [1.54, 1.807) is 31.2 Å². The third-order valence-electron chi connectivity index (χ3n) is 4.15. The van der Waals surface area contributed by atoms with Crippen LogP contribution in [0.25, 0.3) is 22.2 Å². The minimum atomic E-state index is -0.717. The summed E-state index contributed by atoms with van der Waals surface area (Å²) in [5, 5.41) is 9.85.